The van der Waals surface area contributed by atoms with E-state index in [9.17, 15) is 9.59 Å². The highest BCUT2D eigenvalue weighted by atomic mass is 16.7. The normalized spacial score (nSPS) is 15.4. The van der Waals surface area contributed by atoms with Gasteiger partial charge < -0.3 is 29.4 Å². The van der Waals surface area contributed by atoms with E-state index < -0.39 is 6.04 Å². The van der Waals surface area contributed by atoms with Crippen LogP contribution in [-0.4, -0.2) is 41.6 Å². The Bertz CT molecular complexity index is 1520. The number of carbonyl (C=O) groups excluding carboxylic acids is 2. The molecule has 8 nitrogen and oxygen atoms in total. The Morgan fingerprint density at radius 2 is 1.78 bits per heavy atom. The fourth-order valence-electron chi connectivity index (χ4n) is 5.89. The van der Waals surface area contributed by atoms with Gasteiger partial charge in [0.2, 0.25) is 18.6 Å². The molecule has 0 unspecified atom stereocenters. The SMILES string of the molecule is COc1ccc([C@@H](C(=O)NC2CCCCC2)N(Cc2ccc3c(c2)OCO3)C(=O)Cc2c[nH]c3ccccc23)cc1. The van der Waals surface area contributed by atoms with E-state index in [-0.39, 0.29) is 37.6 Å². The predicted octanol–water partition coefficient (Wildman–Crippen LogP) is 5.67. The number of rotatable bonds is 9. The van der Waals surface area contributed by atoms with Crippen LogP contribution >= 0.6 is 0 Å². The maximum absolute atomic E-state index is 14.3. The molecule has 2 amide bonds. The van der Waals surface area contributed by atoms with Gasteiger partial charge in [-0.25, -0.2) is 0 Å². The van der Waals surface area contributed by atoms with E-state index in [0.29, 0.717) is 17.2 Å². The van der Waals surface area contributed by atoms with Gasteiger partial charge in [0.05, 0.1) is 13.5 Å². The molecule has 2 N–H and O–H groups in total. The summed E-state index contributed by atoms with van der Waals surface area (Å²) in [5, 5.41) is 4.28. The zero-order valence-corrected chi connectivity index (χ0v) is 23.2. The van der Waals surface area contributed by atoms with E-state index in [1.54, 1.807) is 12.0 Å². The largest absolute Gasteiger partial charge is 0.497 e. The van der Waals surface area contributed by atoms with Crippen molar-refractivity contribution in [1.29, 1.82) is 0 Å². The Hall–Kier alpha value is -4.46. The summed E-state index contributed by atoms with van der Waals surface area (Å²) < 4.78 is 16.5. The van der Waals surface area contributed by atoms with E-state index in [0.717, 1.165) is 53.3 Å². The lowest BCUT2D eigenvalue weighted by Crippen LogP contribution is -2.47. The quantitative estimate of drug-likeness (QED) is 0.279. The summed E-state index contributed by atoms with van der Waals surface area (Å²) in [5.41, 5.74) is 3.44. The molecule has 4 aromatic rings. The lowest BCUT2D eigenvalue weighted by Gasteiger charge is -2.33. The molecule has 1 fully saturated rings. The van der Waals surface area contributed by atoms with Crippen LogP contribution in [-0.2, 0) is 22.6 Å². The topological polar surface area (TPSA) is 92.9 Å². The average Bonchev–Trinajstić information content (AvgIpc) is 3.64. The summed E-state index contributed by atoms with van der Waals surface area (Å²) in [6, 6.07) is 20.3. The molecule has 2 heterocycles. The smallest absolute Gasteiger partial charge is 0.247 e. The van der Waals surface area contributed by atoms with Crippen LogP contribution in [0.1, 0.15) is 54.8 Å². The van der Waals surface area contributed by atoms with Crippen LogP contribution in [0.2, 0.25) is 0 Å². The predicted molar refractivity (Wildman–Crippen MR) is 156 cm³/mol. The van der Waals surface area contributed by atoms with Crippen molar-refractivity contribution in [3.63, 3.8) is 0 Å². The number of hydrogen-bond acceptors (Lipinski definition) is 5. The van der Waals surface area contributed by atoms with Gasteiger partial charge in [0.1, 0.15) is 11.8 Å². The van der Waals surface area contributed by atoms with Gasteiger partial charge in [-0.15, -0.1) is 0 Å². The summed E-state index contributed by atoms with van der Waals surface area (Å²) in [5.74, 6) is 1.68. The number of ether oxygens (including phenoxy) is 3. The first kappa shape index (κ1) is 26.7. The number of nitrogens with one attached hydrogen (secondary N) is 2. The summed E-state index contributed by atoms with van der Waals surface area (Å²) >= 11 is 0. The van der Waals surface area contributed by atoms with Crippen molar-refractivity contribution in [1.82, 2.24) is 15.2 Å². The summed E-state index contributed by atoms with van der Waals surface area (Å²) in [7, 11) is 1.61. The van der Waals surface area contributed by atoms with Crippen LogP contribution in [0.25, 0.3) is 10.9 Å². The van der Waals surface area contributed by atoms with Crippen LogP contribution in [0.4, 0.5) is 0 Å². The molecule has 8 heteroatoms. The molecule has 212 valence electrons. The van der Waals surface area contributed by atoms with Crippen molar-refractivity contribution in [2.24, 2.45) is 0 Å². The maximum atomic E-state index is 14.3. The second kappa shape index (κ2) is 12.0. The number of aromatic nitrogens is 1. The number of aromatic amines is 1. The van der Waals surface area contributed by atoms with Crippen molar-refractivity contribution in [2.75, 3.05) is 13.9 Å². The fourth-order valence-corrected chi connectivity index (χ4v) is 5.89. The number of benzene rings is 3. The van der Waals surface area contributed by atoms with E-state index in [1.165, 1.54) is 6.42 Å². The second-order valence-corrected chi connectivity index (χ2v) is 10.8. The molecule has 0 saturated heterocycles. The molecule has 0 bridgehead atoms. The van der Waals surface area contributed by atoms with Crippen molar-refractivity contribution < 1.29 is 23.8 Å². The van der Waals surface area contributed by atoms with Crippen LogP contribution in [0.3, 0.4) is 0 Å². The molecule has 1 aromatic heterocycles. The number of para-hydroxylation sites is 1. The Kier molecular flexibility index (Phi) is 7.80. The van der Waals surface area contributed by atoms with Gasteiger partial charge in [-0.05, 0) is 59.9 Å². The molecule has 0 radical (unpaired) electrons. The molecule has 1 atom stereocenters. The average molecular weight is 554 g/mol. The molecular weight excluding hydrogens is 518 g/mol. The van der Waals surface area contributed by atoms with Crippen LogP contribution < -0.4 is 19.5 Å². The standard InChI is InChI=1S/C33H35N3O5/c1-39-26-14-12-23(13-15-26)32(33(38)35-25-7-3-2-4-8-25)36(20-22-11-16-29-30(17-22)41-21-40-29)31(37)18-24-19-34-28-10-6-5-9-27(24)28/h5-6,9-17,19,25,32,34H,2-4,7-8,18,20-21H2,1H3,(H,35,38)/t32-/m0/s1. The molecular formula is C33H35N3O5. The number of amides is 2. The zero-order chi connectivity index (χ0) is 28.2. The molecule has 1 saturated carbocycles. The maximum Gasteiger partial charge on any atom is 0.247 e. The Morgan fingerprint density at radius 1 is 1.00 bits per heavy atom. The van der Waals surface area contributed by atoms with E-state index >= 15 is 0 Å². The minimum absolute atomic E-state index is 0.105. The van der Waals surface area contributed by atoms with Gasteiger partial charge in [-0.1, -0.05) is 55.7 Å². The van der Waals surface area contributed by atoms with Gasteiger partial charge in [0.25, 0.3) is 0 Å². The highest BCUT2D eigenvalue weighted by molar-refractivity contribution is 5.92. The number of fused-ring (bicyclic) bond motifs is 2. The fraction of sp³-hybridized carbons (Fsp3) is 0.333. The van der Waals surface area contributed by atoms with E-state index in [2.05, 4.69) is 10.3 Å². The van der Waals surface area contributed by atoms with Crippen molar-refractivity contribution in [3.8, 4) is 17.2 Å². The van der Waals surface area contributed by atoms with Crippen molar-refractivity contribution in [3.05, 3.63) is 89.6 Å². The zero-order valence-electron chi connectivity index (χ0n) is 23.2. The Morgan fingerprint density at radius 3 is 2.59 bits per heavy atom. The highest BCUT2D eigenvalue weighted by Crippen LogP contribution is 2.34. The van der Waals surface area contributed by atoms with Gasteiger partial charge in [-0.3, -0.25) is 9.59 Å². The summed E-state index contributed by atoms with van der Waals surface area (Å²) in [6.45, 7) is 0.396. The lowest BCUT2D eigenvalue weighted by atomic mass is 9.94. The van der Waals surface area contributed by atoms with E-state index in [4.69, 9.17) is 14.2 Å². The summed E-state index contributed by atoms with van der Waals surface area (Å²) in [6.07, 6.45) is 7.31. The van der Waals surface area contributed by atoms with Crippen LogP contribution in [0.15, 0.2) is 72.9 Å². The van der Waals surface area contributed by atoms with Gasteiger partial charge in [0.15, 0.2) is 11.5 Å². The van der Waals surface area contributed by atoms with Crippen molar-refractivity contribution >= 4 is 22.7 Å². The van der Waals surface area contributed by atoms with Gasteiger partial charge in [0, 0.05) is 29.7 Å². The Balaban J connectivity index is 1.37. The van der Waals surface area contributed by atoms with E-state index in [1.807, 2.05) is 72.9 Å². The lowest BCUT2D eigenvalue weighted by molar-refractivity contribution is -0.141. The van der Waals surface area contributed by atoms with Gasteiger partial charge >= 0.3 is 0 Å². The number of nitrogens with zero attached hydrogens (tertiary/aromatic N) is 1. The Labute approximate surface area is 239 Å². The minimum Gasteiger partial charge on any atom is -0.497 e. The number of H-pyrrole nitrogens is 1. The third kappa shape index (κ3) is 5.87. The first-order chi connectivity index (χ1) is 20.1. The van der Waals surface area contributed by atoms with Crippen LogP contribution in [0, 0.1) is 0 Å². The van der Waals surface area contributed by atoms with Gasteiger partial charge in [-0.2, -0.15) is 0 Å². The third-order valence-corrected chi connectivity index (χ3v) is 8.07. The monoisotopic (exact) mass is 553 g/mol. The second-order valence-electron chi connectivity index (χ2n) is 10.8. The molecule has 41 heavy (non-hydrogen) atoms. The van der Waals surface area contributed by atoms with Crippen LogP contribution in [0.5, 0.6) is 17.2 Å². The first-order valence-electron chi connectivity index (χ1n) is 14.3. The number of hydrogen-bond donors (Lipinski definition) is 2. The van der Waals surface area contributed by atoms with Crippen molar-refractivity contribution in [2.45, 2.75) is 57.2 Å². The minimum atomic E-state index is -0.828. The molecule has 3 aromatic carbocycles. The summed E-state index contributed by atoms with van der Waals surface area (Å²) in [4.78, 5) is 33.4. The molecule has 6 rings (SSSR count). The number of carbonyl (C=O) groups is 2. The molecule has 1 aliphatic heterocycles. The molecule has 1 aliphatic carbocycles. The molecule has 0 spiro atoms. The number of methoxy groups -OCH3 is 1. The highest BCUT2D eigenvalue weighted by Gasteiger charge is 2.33. The third-order valence-electron chi connectivity index (χ3n) is 8.07. The molecule has 2 aliphatic rings. The first-order valence-corrected chi connectivity index (χ1v) is 14.3.